The molecule has 0 unspecified atom stereocenters. The van der Waals surface area contributed by atoms with Crippen LogP contribution in [0.2, 0.25) is 0 Å². The molecule has 5 aromatic carbocycles. The molecule has 0 bridgehead atoms. The van der Waals surface area contributed by atoms with E-state index in [1.54, 1.807) is 83.7 Å². The summed E-state index contributed by atoms with van der Waals surface area (Å²) in [4.78, 5) is 169. The predicted molar refractivity (Wildman–Crippen MR) is 439 cm³/mol. The number of imide groups is 4. The number of carbonyl (C=O) groups excluding carboxylic acids is 12. The third-order valence-electron chi connectivity index (χ3n) is 21.1. The van der Waals surface area contributed by atoms with E-state index in [1.165, 1.54) is 60.3 Å². The number of H-pyrrole nitrogens is 1. The first-order valence-corrected chi connectivity index (χ1v) is 38.6. The van der Waals surface area contributed by atoms with Gasteiger partial charge in [-0.15, -0.1) is 0 Å². The summed E-state index contributed by atoms with van der Waals surface area (Å²) in [6.07, 6.45) is 8.30. The summed E-state index contributed by atoms with van der Waals surface area (Å²) in [5, 5.41) is 27.0. The SMILES string of the molecule is COc1ccc2c(c1)C(=O)N(C[C@@]1(C#Cc3[nH]nc4ccccc34)NC(=O)NC1=O)C2.COc1ccc2c(c1)C(=O)N(C[C@@]1(C#Cc3cc(F)ccn3)NC(=O)NC1=O)C2.COc1ccc2c(c1)C(=O)N(C[C@@]1(C#Cc3ccc4nc(C)cn4c3)NC(=O)NC1=O)C2.COc1ccc2c(c1)C(=O)N(C[C@@]1(C#Cc3cnc4ccc(Br)cn34)NC(=O)NC1=O)C2. The Bertz CT molecular complexity index is 6760. The first-order valence-electron chi connectivity index (χ1n) is 37.8. The predicted octanol–water partition coefficient (Wildman–Crippen LogP) is 4.90. The molecule has 0 saturated carbocycles. The zero-order valence-corrected chi connectivity index (χ0v) is 67.6. The second kappa shape index (κ2) is 32.7. The average Bonchev–Trinajstić information content (AvgIpc) is 1.63. The summed E-state index contributed by atoms with van der Waals surface area (Å²) in [5.74, 6) is 21.0. The van der Waals surface area contributed by atoms with Gasteiger partial charge in [-0.05, 0) is 154 Å². The molecule has 8 aliphatic rings. The van der Waals surface area contributed by atoms with Gasteiger partial charge in [0.2, 0.25) is 22.2 Å². The van der Waals surface area contributed by atoms with Crippen LogP contribution in [0.3, 0.4) is 0 Å². The quantitative estimate of drug-likeness (QED) is 0.0580. The number of fused-ring (bicyclic) bond motifs is 7. The molecule has 620 valence electrons. The van der Waals surface area contributed by atoms with Crippen molar-refractivity contribution in [3.63, 3.8) is 0 Å². The summed E-state index contributed by atoms with van der Waals surface area (Å²) in [6.45, 7) is 2.60. The van der Waals surface area contributed by atoms with Crippen molar-refractivity contribution in [3.05, 3.63) is 248 Å². The standard InChI is InChI=1S/C23H19N5O4.C22H16BrN5O4.C22H17N5O4.C20H15FN4O4/c1-14-10-27-11-15(3-6-19(27)24-14)7-8-23(21(30)25-22(31)26-23)13-28-12-16-4-5-17(32-2)9-18(16)20(28)29;1-32-16-4-2-13-10-27(19(29)17(13)8-16)12-22(20(30)25-21(31)26-22)7-6-15-9-24-18-5-3-14(23)11-28(15)18;1-31-14-7-6-13-11-27(19(28)16(13)10-14)12-22(20(29)23-21(30)24-22)9-8-18-15-4-2-3-5-17(15)25-26-18;1-29-15-3-2-12-10-25(17(26)16(12)9-15)11-20(18(27)23-19(28)24-20)6-4-14-8-13(21)5-7-22-14/h3-6,9-11H,12-13H2,1-2H3,(H2,25,26,30,31);2-5,8-9,11H,10,12H2,1H3,(H2,25,26,30,31);2-7,10H,11-12H2,1H3,(H,25,26)(H2,23,24,29,30);2-3,5,7-9H,10-11H2,1H3,(H2,23,24,27,28)/t23-;2*22-;20-/m1111/s1. The number of pyridine rings is 3. The van der Waals surface area contributed by atoms with Crippen molar-refractivity contribution in [2.75, 3.05) is 54.6 Å². The number of hydrogen-bond acceptors (Lipinski definition) is 20. The number of ether oxygens (including phenoxy) is 4. The van der Waals surface area contributed by atoms with Crippen molar-refractivity contribution < 1.29 is 80.9 Å². The van der Waals surface area contributed by atoms with Gasteiger partial charge in [0.05, 0.1) is 72.0 Å². The third-order valence-corrected chi connectivity index (χ3v) is 21.6. The molecule has 4 saturated heterocycles. The van der Waals surface area contributed by atoms with Crippen molar-refractivity contribution in [1.82, 2.24) is 96.1 Å². The number of benzene rings is 5. The number of rotatable bonds is 12. The smallest absolute Gasteiger partial charge is 0.323 e. The Morgan fingerprint density at radius 1 is 0.452 bits per heavy atom. The van der Waals surface area contributed by atoms with Gasteiger partial charge in [0.15, 0.2) is 0 Å². The van der Waals surface area contributed by atoms with E-state index in [2.05, 4.69) is 131 Å². The monoisotopic (exact) mass is 1730 g/mol. The number of nitrogens with zero attached hydrogens (tertiary/aromatic N) is 10. The van der Waals surface area contributed by atoms with Crippen LogP contribution in [0.1, 0.15) is 92.0 Å². The highest BCUT2D eigenvalue weighted by atomic mass is 79.9. The van der Waals surface area contributed by atoms with Crippen LogP contribution in [-0.4, -0.2) is 202 Å². The van der Waals surface area contributed by atoms with Crippen LogP contribution in [0.15, 0.2) is 169 Å². The maximum absolute atomic E-state index is 13.4. The molecule has 0 radical (unpaired) electrons. The number of imidazole rings is 2. The van der Waals surface area contributed by atoms with Crippen molar-refractivity contribution in [2.24, 2.45) is 0 Å². The number of hydrogen-bond donors (Lipinski definition) is 9. The van der Waals surface area contributed by atoms with Gasteiger partial charge in [-0.1, -0.05) is 66.0 Å². The summed E-state index contributed by atoms with van der Waals surface area (Å²) in [7, 11) is 6.09. The van der Waals surface area contributed by atoms with E-state index in [9.17, 15) is 61.9 Å². The Labute approximate surface area is 710 Å². The number of nitrogens with one attached hydrogen (secondary N) is 9. The van der Waals surface area contributed by atoms with E-state index in [4.69, 9.17) is 18.9 Å². The van der Waals surface area contributed by atoms with Crippen molar-refractivity contribution in [3.8, 4) is 70.4 Å². The fourth-order valence-electron chi connectivity index (χ4n) is 14.9. The summed E-state index contributed by atoms with van der Waals surface area (Å²) >= 11 is 3.42. The zero-order valence-electron chi connectivity index (χ0n) is 66.0. The molecule has 0 aliphatic carbocycles. The lowest BCUT2D eigenvalue weighted by Gasteiger charge is -2.26. The van der Waals surface area contributed by atoms with E-state index >= 15 is 0 Å². The molecule has 16 amide bonds. The van der Waals surface area contributed by atoms with E-state index in [0.29, 0.717) is 87.5 Å². The fourth-order valence-corrected chi connectivity index (χ4v) is 15.2. The number of methoxy groups -OCH3 is 4. The molecule has 0 spiro atoms. The number of aromatic amines is 1. The van der Waals surface area contributed by atoms with Gasteiger partial charge in [0.1, 0.15) is 57.2 Å². The van der Waals surface area contributed by atoms with Crippen LogP contribution in [0.5, 0.6) is 23.0 Å². The van der Waals surface area contributed by atoms with Crippen molar-refractivity contribution >= 4 is 110 Å². The minimum Gasteiger partial charge on any atom is -0.497 e. The Kier molecular flexibility index (Phi) is 21.5. The van der Waals surface area contributed by atoms with Gasteiger partial charge in [0.25, 0.3) is 47.3 Å². The molecule has 37 heteroatoms. The number of carbonyl (C=O) groups is 12. The first-order chi connectivity index (χ1) is 59.6. The highest BCUT2D eigenvalue weighted by Gasteiger charge is 2.53. The second-order valence-corrected chi connectivity index (χ2v) is 30.2. The molecular weight excluding hydrogens is 1670 g/mol. The van der Waals surface area contributed by atoms with Crippen molar-refractivity contribution in [2.45, 2.75) is 55.3 Å². The zero-order chi connectivity index (χ0) is 87.1. The number of para-hydroxylation sites is 1. The molecule has 19 rings (SSSR count). The maximum atomic E-state index is 13.4. The van der Waals surface area contributed by atoms with Gasteiger partial charge in [-0.3, -0.25) is 69.1 Å². The van der Waals surface area contributed by atoms with E-state index in [0.717, 1.165) is 55.0 Å². The van der Waals surface area contributed by atoms with Crippen LogP contribution in [0.25, 0.3) is 22.2 Å². The van der Waals surface area contributed by atoms with Crippen LogP contribution in [0.4, 0.5) is 23.6 Å². The lowest BCUT2D eigenvalue weighted by atomic mass is 9.99. The van der Waals surface area contributed by atoms with Gasteiger partial charge in [-0.2, -0.15) is 5.10 Å². The molecule has 11 aromatic rings. The maximum Gasteiger partial charge on any atom is 0.323 e. The molecule has 8 aliphatic heterocycles. The van der Waals surface area contributed by atoms with Crippen LogP contribution in [-0.2, 0) is 45.4 Å². The summed E-state index contributed by atoms with van der Waals surface area (Å²) < 4.78 is 38.6. The molecule has 4 atom stereocenters. The third kappa shape index (κ3) is 16.0. The van der Waals surface area contributed by atoms with Crippen LogP contribution >= 0.6 is 15.9 Å². The lowest BCUT2D eigenvalue weighted by Crippen LogP contribution is -2.54. The number of urea groups is 4. The Morgan fingerprint density at radius 2 is 0.871 bits per heavy atom. The van der Waals surface area contributed by atoms with Crippen LogP contribution < -0.4 is 61.5 Å². The first kappa shape index (κ1) is 81.3. The Hall–Kier alpha value is -16.4. The van der Waals surface area contributed by atoms with Gasteiger partial charge in [-0.25, -0.2) is 38.5 Å². The van der Waals surface area contributed by atoms with E-state index in [1.807, 2.05) is 78.2 Å². The topological polar surface area (TPSA) is 427 Å². The molecule has 6 aromatic heterocycles. The van der Waals surface area contributed by atoms with Gasteiger partial charge >= 0.3 is 24.1 Å². The summed E-state index contributed by atoms with van der Waals surface area (Å²) in [6, 6.07) is 35.2. The minimum atomic E-state index is -1.67. The second-order valence-electron chi connectivity index (χ2n) is 29.3. The van der Waals surface area contributed by atoms with E-state index < -0.39 is 75.7 Å². The van der Waals surface area contributed by atoms with Crippen LogP contribution in [0, 0.1) is 60.1 Å². The van der Waals surface area contributed by atoms with E-state index in [-0.39, 0.29) is 62.0 Å². The fraction of sp³-hybridized carbons (Fsp3) is 0.195. The Balaban J connectivity index is 0.000000122. The van der Waals surface area contributed by atoms with Gasteiger partial charge in [0, 0.05) is 94.7 Å². The molecule has 4 fully saturated rings. The summed E-state index contributed by atoms with van der Waals surface area (Å²) in [5.41, 5.74) is 3.69. The van der Waals surface area contributed by atoms with Crippen molar-refractivity contribution in [1.29, 1.82) is 0 Å². The number of aromatic nitrogens is 7. The number of aryl methyl sites for hydroxylation is 1. The Morgan fingerprint density at radius 3 is 1.30 bits per heavy atom. The average molecular weight is 1730 g/mol. The molecular formula is C87H67BrFN19O16. The highest BCUT2D eigenvalue weighted by Crippen LogP contribution is 2.34. The molecule has 124 heavy (non-hydrogen) atoms. The largest absolute Gasteiger partial charge is 0.497 e. The lowest BCUT2D eigenvalue weighted by molar-refractivity contribution is -0.123. The normalized spacial score (nSPS) is 19.6. The molecule has 14 heterocycles. The molecule has 35 nitrogen and oxygen atoms in total. The molecule has 9 N–H and O–H groups in total. The number of amides is 16. The minimum absolute atomic E-state index is 0.0835. The van der Waals surface area contributed by atoms with Gasteiger partial charge < -0.3 is 64.2 Å². The number of halogens is 2. The highest BCUT2D eigenvalue weighted by molar-refractivity contribution is 9.10.